The van der Waals surface area contributed by atoms with Crippen molar-refractivity contribution in [2.45, 2.75) is 67.6 Å². The quantitative estimate of drug-likeness (QED) is 0.609. The molecule has 4 atom stereocenters. The molecule has 5 fully saturated rings. The molecule has 1 amide bonds. The highest BCUT2D eigenvalue weighted by Gasteiger charge is 2.57. The van der Waals surface area contributed by atoms with Gasteiger partial charge in [-0.15, -0.1) is 0 Å². The SMILES string of the molecule is N#C[C@@H]1C[C@H](F)CN1C(=O)CNC12CC3CC(CC(CNS(=O)(=O)c4ccc(F)cc4)(C3)C1)C2. The summed E-state index contributed by atoms with van der Waals surface area (Å²) in [7, 11) is -3.76. The Morgan fingerprint density at radius 3 is 2.47 bits per heavy atom. The highest BCUT2D eigenvalue weighted by Crippen LogP contribution is 2.61. The molecule has 4 bridgehead atoms. The Morgan fingerprint density at radius 2 is 1.82 bits per heavy atom. The maximum absolute atomic E-state index is 13.8. The zero-order chi connectivity index (χ0) is 24.1. The van der Waals surface area contributed by atoms with Gasteiger partial charge in [-0.1, -0.05) is 0 Å². The number of nitrogens with zero attached hydrogens (tertiary/aromatic N) is 2. The molecule has 1 aromatic rings. The fraction of sp³-hybridized carbons (Fsp3) is 0.667. The Kier molecular flexibility index (Phi) is 5.94. The highest BCUT2D eigenvalue weighted by molar-refractivity contribution is 7.89. The van der Waals surface area contributed by atoms with Gasteiger partial charge in [-0.3, -0.25) is 4.79 Å². The summed E-state index contributed by atoms with van der Waals surface area (Å²) < 4.78 is 55.4. The second kappa shape index (κ2) is 8.54. The third-order valence-corrected chi connectivity index (χ3v) is 9.69. The molecule has 34 heavy (non-hydrogen) atoms. The first kappa shape index (κ1) is 23.6. The predicted molar refractivity (Wildman–Crippen MR) is 120 cm³/mol. The highest BCUT2D eigenvalue weighted by atomic mass is 32.2. The van der Waals surface area contributed by atoms with E-state index in [-0.39, 0.29) is 41.3 Å². The minimum absolute atomic E-state index is 0.0356. The summed E-state index contributed by atoms with van der Waals surface area (Å²) in [6, 6.07) is 6.11. The average molecular weight is 493 g/mol. The van der Waals surface area contributed by atoms with Crippen LogP contribution in [0, 0.1) is 34.4 Å². The Bertz CT molecular complexity index is 1090. The Labute approximate surface area is 198 Å². The lowest BCUT2D eigenvalue weighted by Gasteiger charge is -2.62. The number of likely N-dealkylation sites (tertiary alicyclic amines) is 1. The molecule has 2 unspecified atom stereocenters. The smallest absolute Gasteiger partial charge is 0.240 e. The molecule has 184 valence electrons. The van der Waals surface area contributed by atoms with Crippen molar-refractivity contribution in [2.24, 2.45) is 17.3 Å². The minimum Gasteiger partial charge on any atom is -0.323 e. The van der Waals surface area contributed by atoms with Crippen LogP contribution in [0.2, 0.25) is 0 Å². The molecule has 5 aliphatic rings. The van der Waals surface area contributed by atoms with Crippen molar-refractivity contribution in [3.63, 3.8) is 0 Å². The minimum atomic E-state index is -3.76. The number of benzene rings is 1. The normalized spacial score (nSPS) is 36.6. The fourth-order valence-electron chi connectivity index (χ4n) is 7.36. The topological polar surface area (TPSA) is 102 Å². The van der Waals surface area contributed by atoms with Crippen LogP contribution in [0.3, 0.4) is 0 Å². The Morgan fingerprint density at radius 1 is 1.15 bits per heavy atom. The van der Waals surface area contributed by atoms with Crippen LogP contribution in [-0.4, -0.2) is 56.6 Å². The predicted octanol–water partition coefficient (Wildman–Crippen LogP) is 2.50. The van der Waals surface area contributed by atoms with Gasteiger partial charge in [-0.05, 0) is 80.0 Å². The number of nitriles is 1. The molecular formula is C24H30F2N4O3S. The molecule has 0 radical (unpaired) electrons. The first-order valence-corrected chi connectivity index (χ1v) is 13.4. The van der Waals surface area contributed by atoms with Crippen LogP contribution in [0.4, 0.5) is 8.78 Å². The number of hydrogen-bond donors (Lipinski definition) is 2. The van der Waals surface area contributed by atoms with Gasteiger partial charge in [0.1, 0.15) is 18.0 Å². The van der Waals surface area contributed by atoms with E-state index in [1.54, 1.807) is 0 Å². The van der Waals surface area contributed by atoms with Crippen LogP contribution >= 0.6 is 0 Å². The van der Waals surface area contributed by atoms with E-state index in [0.717, 1.165) is 50.7 Å². The first-order chi connectivity index (χ1) is 16.1. The molecule has 2 N–H and O–H groups in total. The number of rotatable bonds is 7. The molecule has 1 aromatic carbocycles. The van der Waals surface area contributed by atoms with Gasteiger partial charge in [-0.25, -0.2) is 21.9 Å². The maximum Gasteiger partial charge on any atom is 0.240 e. The Hall–Kier alpha value is -2.09. The largest absolute Gasteiger partial charge is 0.323 e. The second-order valence-corrected chi connectivity index (χ2v) is 12.7. The van der Waals surface area contributed by atoms with Crippen LogP contribution in [0.5, 0.6) is 0 Å². The molecule has 1 aliphatic heterocycles. The van der Waals surface area contributed by atoms with Gasteiger partial charge in [0.25, 0.3) is 0 Å². The number of halogens is 2. The Balaban J connectivity index is 1.26. The molecule has 4 saturated carbocycles. The fourth-order valence-corrected chi connectivity index (χ4v) is 8.52. The molecule has 1 heterocycles. The van der Waals surface area contributed by atoms with Crippen molar-refractivity contribution in [1.82, 2.24) is 14.9 Å². The van der Waals surface area contributed by atoms with Crippen molar-refractivity contribution in [2.75, 3.05) is 19.6 Å². The van der Waals surface area contributed by atoms with Gasteiger partial charge in [0, 0.05) is 18.5 Å². The zero-order valence-electron chi connectivity index (χ0n) is 19.0. The van der Waals surface area contributed by atoms with Gasteiger partial charge >= 0.3 is 0 Å². The van der Waals surface area contributed by atoms with Gasteiger partial charge in [0.15, 0.2) is 0 Å². The van der Waals surface area contributed by atoms with E-state index in [9.17, 15) is 27.3 Å². The number of alkyl halides is 1. The summed E-state index contributed by atoms with van der Waals surface area (Å²) >= 11 is 0. The summed E-state index contributed by atoms with van der Waals surface area (Å²) in [4.78, 5) is 14.2. The average Bonchev–Trinajstić information content (AvgIpc) is 3.17. The number of hydrogen-bond acceptors (Lipinski definition) is 5. The van der Waals surface area contributed by atoms with Crippen LogP contribution in [0.1, 0.15) is 44.9 Å². The first-order valence-electron chi connectivity index (χ1n) is 11.9. The summed E-state index contributed by atoms with van der Waals surface area (Å²) in [5.41, 5.74) is -0.446. The van der Waals surface area contributed by atoms with Crippen LogP contribution in [0.15, 0.2) is 29.2 Å². The monoisotopic (exact) mass is 492 g/mol. The third-order valence-electron chi connectivity index (χ3n) is 8.28. The molecular weight excluding hydrogens is 462 g/mol. The van der Waals surface area contributed by atoms with Crippen molar-refractivity contribution in [3.8, 4) is 6.07 Å². The summed E-state index contributed by atoms with van der Waals surface area (Å²) in [6.07, 6.45) is 4.56. The molecule has 1 saturated heterocycles. The maximum atomic E-state index is 13.8. The number of carbonyl (C=O) groups is 1. The number of sulfonamides is 1. The van der Waals surface area contributed by atoms with Crippen molar-refractivity contribution < 1.29 is 22.0 Å². The van der Waals surface area contributed by atoms with E-state index in [1.807, 2.05) is 6.07 Å². The lowest BCUT2D eigenvalue weighted by atomic mass is 9.47. The summed E-state index contributed by atoms with van der Waals surface area (Å²) in [5, 5.41) is 12.7. The number of amides is 1. The molecule has 6 rings (SSSR count). The third kappa shape index (κ3) is 4.45. The van der Waals surface area contributed by atoms with E-state index in [1.165, 1.54) is 17.0 Å². The van der Waals surface area contributed by atoms with Crippen LogP contribution in [-0.2, 0) is 14.8 Å². The van der Waals surface area contributed by atoms with E-state index in [2.05, 4.69) is 10.0 Å². The van der Waals surface area contributed by atoms with Gasteiger partial charge < -0.3 is 10.2 Å². The van der Waals surface area contributed by atoms with E-state index in [0.29, 0.717) is 18.4 Å². The number of carbonyl (C=O) groups excluding carboxylic acids is 1. The van der Waals surface area contributed by atoms with Crippen molar-refractivity contribution in [3.05, 3.63) is 30.1 Å². The van der Waals surface area contributed by atoms with Crippen molar-refractivity contribution in [1.29, 1.82) is 5.26 Å². The molecule has 0 spiro atoms. The lowest BCUT2D eigenvalue weighted by Crippen LogP contribution is -2.64. The van der Waals surface area contributed by atoms with Gasteiger partial charge in [0.2, 0.25) is 15.9 Å². The van der Waals surface area contributed by atoms with E-state index in [4.69, 9.17) is 0 Å². The standard InChI is InChI=1S/C24H30F2N4O3S/c25-18-1-3-21(4-2-18)34(32,33)29-15-23-7-16-5-17(8-23)10-24(9-16,14-23)28-12-22(31)30-13-19(26)6-20(30)11-27/h1-4,16-17,19-20,28-29H,5-10,12-15H2/t16?,17?,19-,20-,23?,24?/m0/s1. The van der Waals surface area contributed by atoms with Gasteiger partial charge in [0.05, 0.1) is 24.1 Å². The van der Waals surface area contributed by atoms with E-state index >= 15 is 0 Å². The van der Waals surface area contributed by atoms with Crippen molar-refractivity contribution >= 4 is 15.9 Å². The molecule has 4 aliphatic carbocycles. The summed E-state index contributed by atoms with van der Waals surface area (Å²) in [6.45, 7) is 0.330. The summed E-state index contributed by atoms with van der Waals surface area (Å²) in [5.74, 6) is 0.189. The molecule has 7 nitrogen and oxygen atoms in total. The lowest BCUT2D eigenvalue weighted by molar-refractivity contribution is -0.132. The van der Waals surface area contributed by atoms with Crippen LogP contribution < -0.4 is 10.0 Å². The molecule has 0 aromatic heterocycles. The molecule has 10 heteroatoms. The van der Waals surface area contributed by atoms with E-state index < -0.39 is 28.1 Å². The van der Waals surface area contributed by atoms with Gasteiger partial charge in [-0.2, -0.15) is 5.26 Å². The van der Waals surface area contributed by atoms with Crippen LogP contribution in [0.25, 0.3) is 0 Å². The number of nitrogens with one attached hydrogen (secondary N) is 2. The second-order valence-electron chi connectivity index (χ2n) is 10.9. The zero-order valence-corrected chi connectivity index (χ0v) is 19.8.